The Kier molecular flexibility index (Phi) is 14.6. The molecule has 0 unspecified atom stereocenters. The predicted octanol–water partition coefficient (Wildman–Crippen LogP) is 7.04. The van der Waals surface area contributed by atoms with Gasteiger partial charge in [0.1, 0.15) is 0 Å². The summed E-state index contributed by atoms with van der Waals surface area (Å²) >= 11 is 0. The fourth-order valence-electron chi connectivity index (χ4n) is 2.48. The SMILES string of the molecule is CCC/C=C(\CCC)CCCCCCCCCC. The molecule has 0 aliphatic carbocycles. The van der Waals surface area contributed by atoms with Crippen LogP contribution in [-0.2, 0) is 0 Å². The summed E-state index contributed by atoms with van der Waals surface area (Å²) in [6, 6.07) is 0. The maximum Gasteiger partial charge on any atom is -0.0320 e. The van der Waals surface area contributed by atoms with E-state index in [1.165, 1.54) is 83.5 Å². The van der Waals surface area contributed by atoms with Gasteiger partial charge in [0.05, 0.1) is 0 Å². The minimum absolute atomic E-state index is 1.28. The van der Waals surface area contributed by atoms with E-state index in [4.69, 9.17) is 0 Å². The van der Waals surface area contributed by atoms with Gasteiger partial charge >= 0.3 is 0 Å². The Labute approximate surface area is 116 Å². The van der Waals surface area contributed by atoms with Crippen LogP contribution < -0.4 is 0 Å². The second-order valence-corrected chi connectivity index (χ2v) is 5.63. The summed E-state index contributed by atoms with van der Waals surface area (Å²) in [6.45, 7) is 6.86. The van der Waals surface area contributed by atoms with Crippen LogP contribution in [0.15, 0.2) is 11.6 Å². The highest BCUT2D eigenvalue weighted by Crippen LogP contribution is 2.17. The average molecular weight is 252 g/mol. The third kappa shape index (κ3) is 12.2. The molecule has 0 aliphatic heterocycles. The summed E-state index contributed by atoms with van der Waals surface area (Å²) in [6.07, 6.45) is 20.6. The Bertz CT molecular complexity index is 178. The fourth-order valence-corrected chi connectivity index (χ4v) is 2.48. The van der Waals surface area contributed by atoms with E-state index < -0.39 is 0 Å². The molecule has 0 aromatic heterocycles. The Morgan fingerprint density at radius 3 is 1.78 bits per heavy atom. The molecule has 0 rings (SSSR count). The number of unbranched alkanes of at least 4 members (excludes halogenated alkanes) is 8. The molecule has 0 amide bonds. The smallest absolute Gasteiger partial charge is 0.0320 e. The van der Waals surface area contributed by atoms with Crippen molar-refractivity contribution in [3.63, 3.8) is 0 Å². The molecule has 0 saturated heterocycles. The number of hydrogen-bond acceptors (Lipinski definition) is 0. The summed E-state index contributed by atoms with van der Waals surface area (Å²) in [5, 5.41) is 0. The van der Waals surface area contributed by atoms with E-state index >= 15 is 0 Å². The highest BCUT2D eigenvalue weighted by atomic mass is 14.0. The molecule has 0 radical (unpaired) electrons. The van der Waals surface area contributed by atoms with Crippen molar-refractivity contribution >= 4 is 0 Å². The zero-order valence-electron chi connectivity index (χ0n) is 13.3. The third-order valence-corrected chi connectivity index (χ3v) is 3.64. The zero-order valence-corrected chi connectivity index (χ0v) is 13.3. The molecule has 0 aromatic rings. The van der Waals surface area contributed by atoms with Crippen molar-refractivity contribution in [2.24, 2.45) is 0 Å². The van der Waals surface area contributed by atoms with Gasteiger partial charge < -0.3 is 0 Å². The van der Waals surface area contributed by atoms with Crippen molar-refractivity contribution in [2.75, 3.05) is 0 Å². The predicted molar refractivity (Wildman–Crippen MR) is 85.1 cm³/mol. The van der Waals surface area contributed by atoms with Crippen LogP contribution in [-0.4, -0.2) is 0 Å². The molecule has 0 fully saturated rings. The monoisotopic (exact) mass is 252 g/mol. The number of allylic oxidation sites excluding steroid dienone is 2. The van der Waals surface area contributed by atoms with Crippen LogP contribution in [0.1, 0.15) is 104 Å². The molecule has 0 aliphatic rings. The molecule has 0 nitrogen and oxygen atoms in total. The van der Waals surface area contributed by atoms with E-state index in [1.807, 2.05) is 0 Å². The quantitative estimate of drug-likeness (QED) is 0.243. The molecule has 0 bridgehead atoms. The Morgan fingerprint density at radius 1 is 0.611 bits per heavy atom. The van der Waals surface area contributed by atoms with E-state index in [0.717, 1.165) is 0 Å². The van der Waals surface area contributed by atoms with Crippen LogP contribution in [0.3, 0.4) is 0 Å². The standard InChI is InChI=1S/C18H36/c1-4-7-9-10-11-12-13-14-17-18(15-6-3)16-8-5-2/h16H,4-15,17H2,1-3H3/b18-16+. The van der Waals surface area contributed by atoms with Crippen molar-refractivity contribution in [1.29, 1.82) is 0 Å². The lowest BCUT2D eigenvalue weighted by Gasteiger charge is -2.06. The largest absolute Gasteiger partial charge is 0.0853 e. The van der Waals surface area contributed by atoms with Gasteiger partial charge in [-0.05, 0) is 25.7 Å². The summed E-state index contributed by atoms with van der Waals surface area (Å²) in [7, 11) is 0. The molecule has 0 atom stereocenters. The van der Waals surface area contributed by atoms with Crippen LogP contribution in [0, 0.1) is 0 Å². The van der Waals surface area contributed by atoms with Crippen LogP contribution >= 0.6 is 0 Å². The minimum atomic E-state index is 1.28. The Hall–Kier alpha value is -0.260. The van der Waals surface area contributed by atoms with Crippen molar-refractivity contribution < 1.29 is 0 Å². The summed E-state index contributed by atoms with van der Waals surface area (Å²) < 4.78 is 0. The minimum Gasteiger partial charge on any atom is -0.0853 e. The van der Waals surface area contributed by atoms with Crippen molar-refractivity contribution in [3.05, 3.63) is 11.6 Å². The van der Waals surface area contributed by atoms with E-state index in [0.29, 0.717) is 0 Å². The maximum atomic E-state index is 2.50. The fraction of sp³-hybridized carbons (Fsp3) is 0.889. The lowest BCUT2D eigenvalue weighted by Crippen LogP contribution is -1.86. The third-order valence-electron chi connectivity index (χ3n) is 3.64. The van der Waals surface area contributed by atoms with Gasteiger partial charge in [0.15, 0.2) is 0 Å². The summed E-state index contributed by atoms with van der Waals surface area (Å²) in [4.78, 5) is 0. The highest BCUT2D eigenvalue weighted by Gasteiger charge is 1.97. The Balaban J connectivity index is 3.43. The number of hydrogen-bond donors (Lipinski definition) is 0. The molecule has 0 N–H and O–H groups in total. The van der Waals surface area contributed by atoms with Gasteiger partial charge in [-0.2, -0.15) is 0 Å². The lowest BCUT2D eigenvalue weighted by molar-refractivity contribution is 0.572. The molecule has 0 spiro atoms. The van der Waals surface area contributed by atoms with Crippen LogP contribution in [0.25, 0.3) is 0 Å². The first kappa shape index (κ1) is 17.7. The van der Waals surface area contributed by atoms with Gasteiger partial charge in [-0.15, -0.1) is 0 Å². The molecule has 0 saturated carbocycles. The number of rotatable bonds is 13. The van der Waals surface area contributed by atoms with Crippen LogP contribution in [0.5, 0.6) is 0 Å². The van der Waals surface area contributed by atoms with Gasteiger partial charge in [0.25, 0.3) is 0 Å². The summed E-state index contributed by atoms with van der Waals surface area (Å²) in [5.41, 5.74) is 1.73. The second kappa shape index (κ2) is 14.8. The molecular weight excluding hydrogens is 216 g/mol. The average Bonchev–Trinajstić information content (AvgIpc) is 2.39. The molecule has 0 heteroatoms. The highest BCUT2D eigenvalue weighted by molar-refractivity contribution is 5.01. The van der Waals surface area contributed by atoms with E-state index in [1.54, 1.807) is 5.57 Å². The first-order chi connectivity index (χ1) is 8.85. The normalized spacial score (nSPS) is 12.1. The van der Waals surface area contributed by atoms with E-state index in [2.05, 4.69) is 26.8 Å². The first-order valence-electron chi connectivity index (χ1n) is 8.53. The van der Waals surface area contributed by atoms with Gasteiger partial charge in [-0.1, -0.05) is 90.2 Å². The molecular formula is C18H36. The molecule has 108 valence electrons. The Morgan fingerprint density at radius 2 is 1.22 bits per heavy atom. The summed E-state index contributed by atoms with van der Waals surface area (Å²) in [5.74, 6) is 0. The van der Waals surface area contributed by atoms with Crippen molar-refractivity contribution in [3.8, 4) is 0 Å². The van der Waals surface area contributed by atoms with Crippen LogP contribution in [0.4, 0.5) is 0 Å². The lowest BCUT2D eigenvalue weighted by atomic mass is 10.0. The van der Waals surface area contributed by atoms with Gasteiger partial charge in [0.2, 0.25) is 0 Å². The van der Waals surface area contributed by atoms with Crippen molar-refractivity contribution in [1.82, 2.24) is 0 Å². The maximum absolute atomic E-state index is 2.50. The van der Waals surface area contributed by atoms with Crippen LogP contribution in [0.2, 0.25) is 0 Å². The first-order valence-corrected chi connectivity index (χ1v) is 8.53. The molecule has 0 aromatic carbocycles. The second-order valence-electron chi connectivity index (χ2n) is 5.63. The van der Waals surface area contributed by atoms with Gasteiger partial charge in [-0.25, -0.2) is 0 Å². The molecule has 18 heavy (non-hydrogen) atoms. The van der Waals surface area contributed by atoms with Crippen molar-refractivity contribution in [2.45, 2.75) is 104 Å². The van der Waals surface area contributed by atoms with E-state index in [-0.39, 0.29) is 0 Å². The molecule has 0 heterocycles. The van der Waals surface area contributed by atoms with E-state index in [9.17, 15) is 0 Å². The topological polar surface area (TPSA) is 0 Å². The van der Waals surface area contributed by atoms with Gasteiger partial charge in [0, 0.05) is 0 Å². The zero-order chi connectivity index (χ0) is 13.5. The van der Waals surface area contributed by atoms with Gasteiger partial charge in [-0.3, -0.25) is 0 Å².